The van der Waals surface area contributed by atoms with E-state index in [0.29, 0.717) is 26.1 Å². The molecule has 2 aromatic rings. The molecule has 0 amide bonds. The Balaban J connectivity index is 2.33. The van der Waals surface area contributed by atoms with E-state index in [1.54, 1.807) is 12.4 Å². The molecule has 0 radical (unpaired) electrons. The molecule has 0 bridgehead atoms. The van der Waals surface area contributed by atoms with Crippen LogP contribution in [0.15, 0.2) is 44.8 Å². The zero-order valence-electron chi connectivity index (χ0n) is 10.8. The second kappa shape index (κ2) is 6.62. The lowest BCUT2D eigenvalue weighted by Gasteiger charge is -2.09. The summed E-state index contributed by atoms with van der Waals surface area (Å²) >= 11 is 3.34. The van der Waals surface area contributed by atoms with Gasteiger partial charge in [-0.2, -0.15) is 0 Å². The molecule has 2 heterocycles. The van der Waals surface area contributed by atoms with Crippen LogP contribution in [0, 0.1) is 0 Å². The number of pyridine rings is 1. The van der Waals surface area contributed by atoms with Gasteiger partial charge in [-0.15, -0.1) is 0 Å². The molecule has 106 valence electrons. The van der Waals surface area contributed by atoms with Crippen LogP contribution in [0.1, 0.15) is 12.0 Å². The topological polar surface area (TPSA) is 82.9 Å². The molecule has 0 aliphatic rings. The molecule has 0 saturated heterocycles. The standard InChI is InChI=1S/C13H15BrN4O2/c14-11-6-10(7-16-8-11)9-17-5-2-12(19)18(13(17)20)4-1-3-15/h2,5-8H,1,3-4,9,15H2. The van der Waals surface area contributed by atoms with Crippen molar-refractivity contribution >= 4 is 15.9 Å². The summed E-state index contributed by atoms with van der Waals surface area (Å²) in [6, 6.07) is 3.28. The van der Waals surface area contributed by atoms with Crippen LogP contribution in [0.4, 0.5) is 0 Å². The average Bonchev–Trinajstić information content (AvgIpc) is 2.42. The van der Waals surface area contributed by atoms with Gasteiger partial charge in [0.1, 0.15) is 0 Å². The van der Waals surface area contributed by atoms with Gasteiger partial charge in [-0.3, -0.25) is 18.9 Å². The Labute approximate surface area is 124 Å². The fourth-order valence-electron chi connectivity index (χ4n) is 1.87. The lowest BCUT2D eigenvalue weighted by molar-refractivity contribution is 0.554. The van der Waals surface area contributed by atoms with Crippen molar-refractivity contribution in [3.05, 3.63) is 61.6 Å². The number of halogens is 1. The highest BCUT2D eigenvalue weighted by atomic mass is 79.9. The van der Waals surface area contributed by atoms with Gasteiger partial charge < -0.3 is 5.73 Å². The zero-order chi connectivity index (χ0) is 14.5. The lowest BCUT2D eigenvalue weighted by atomic mass is 10.3. The minimum absolute atomic E-state index is 0.299. The van der Waals surface area contributed by atoms with Crippen LogP contribution in [0.2, 0.25) is 0 Å². The monoisotopic (exact) mass is 338 g/mol. The normalized spacial score (nSPS) is 10.7. The second-order valence-corrected chi connectivity index (χ2v) is 5.29. The molecule has 0 unspecified atom stereocenters. The van der Waals surface area contributed by atoms with Crippen LogP contribution in [-0.4, -0.2) is 20.7 Å². The predicted molar refractivity (Wildman–Crippen MR) is 79.7 cm³/mol. The van der Waals surface area contributed by atoms with Gasteiger partial charge in [0.2, 0.25) is 0 Å². The van der Waals surface area contributed by atoms with Crippen molar-refractivity contribution in [2.24, 2.45) is 5.73 Å². The Bertz CT molecular complexity index is 708. The molecule has 0 aromatic carbocycles. The van der Waals surface area contributed by atoms with E-state index in [1.807, 2.05) is 6.07 Å². The molecule has 7 heteroatoms. The highest BCUT2D eigenvalue weighted by molar-refractivity contribution is 9.10. The van der Waals surface area contributed by atoms with E-state index in [0.717, 1.165) is 10.0 Å². The fraction of sp³-hybridized carbons (Fsp3) is 0.308. The first-order valence-electron chi connectivity index (χ1n) is 6.21. The number of nitrogens with two attached hydrogens (primary N) is 1. The molecule has 0 saturated carbocycles. The van der Waals surface area contributed by atoms with Gasteiger partial charge in [-0.05, 0) is 40.5 Å². The molecule has 0 aliphatic carbocycles. The number of hydrogen-bond donors (Lipinski definition) is 1. The van der Waals surface area contributed by atoms with E-state index in [1.165, 1.54) is 21.4 Å². The van der Waals surface area contributed by atoms with Crippen molar-refractivity contribution in [1.82, 2.24) is 14.1 Å². The van der Waals surface area contributed by atoms with Crippen LogP contribution in [0.3, 0.4) is 0 Å². The van der Waals surface area contributed by atoms with Gasteiger partial charge in [0.25, 0.3) is 5.56 Å². The maximum atomic E-state index is 12.2. The first kappa shape index (κ1) is 14.7. The predicted octanol–water partition coefficient (Wildman–Crippen LogP) is 0.565. The summed E-state index contributed by atoms with van der Waals surface area (Å²) in [6.45, 7) is 1.15. The van der Waals surface area contributed by atoms with Crippen LogP contribution in [0.25, 0.3) is 0 Å². The van der Waals surface area contributed by atoms with Crippen molar-refractivity contribution in [2.75, 3.05) is 6.54 Å². The fourth-order valence-corrected chi connectivity index (χ4v) is 2.28. The Morgan fingerprint density at radius 2 is 2.10 bits per heavy atom. The summed E-state index contributed by atoms with van der Waals surface area (Å²) in [6.07, 6.45) is 5.46. The molecule has 0 aliphatic heterocycles. The number of aromatic nitrogens is 3. The molecular weight excluding hydrogens is 324 g/mol. The summed E-state index contributed by atoms with van der Waals surface area (Å²) in [5.74, 6) is 0. The molecule has 6 nitrogen and oxygen atoms in total. The molecule has 0 fully saturated rings. The number of nitrogens with zero attached hydrogens (tertiary/aromatic N) is 3. The molecule has 0 spiro atoms. The van der Waals surface area contributed by atoms with Gasteiger partial charge in [-0.25, -0.2) is 4.79 Å². The molecule has 2 N–H and O–H groups in total. The van der Waals surface area contributed by atoms with Gasteiger partial charge >= 0.3 is 5.69 Å². The smallest absolute Gasteiger partial charge is 0.330 e. The van der Waals surface area contributed by atoms with Gasteiger partial charge in [0.15, 0.2) is 0 Å². The van der Waals surface area contributed by atoms with E-state index in [-0.39, 0.29) is 11.2 Å². The van der Waals surface area contributed by atoms with E-state index >= 15 is 0 Å². The third kappa shape index (κ3) is 3.43. The van der Waals surface area contributed by atoms with Crippen LogP contribution in [0.5, 0.6) is 0 Å². The minimum atomic E-state index is -0.328. The molecule has 0 atom stereocenters. The number of hydrogen-bond acceptors (Lipinski definition) is 4. The van der Waals surface area contributed by atoms with Crippen molar-refractivity contribution in [3.8, 4) is 0 Å². The van der Waals surface area contributed by atoms with Crippen LogP contribution < -0.4 is 17.0 Å². The maximum Gasteiger partial charge on any atom is 0.331 e. The summed E-state index contributed by atoms with van der Waals surface area (Å²) in [5.41, 5.74) is 5.67. The average molecular weight is 339 g/mol. The molecular formula is C13H15BrN4O2. The van der Waals surface area contributed by atoms with Crippen molar-refractivity contribution in [1.29, 1.82) is 0 Å². The first-order valence-corrected chi connectivity index (χ1v) is 7.01. The highest BCUT2D eigenvalue weighted by Crippen LogP contribution is 2.09. The third-order valence-electron chi connectivity index (χ3n) is 2.84. The van der Waals surface area contributed by atoms with Crippen molar-refractivity contribution in [3.63, 3.8) is 0 Å². The quantitative estimate of drug-likeness (QED) is 0.863. The Morgan fingerprint density at radius 1 is 1.30 bits per heavy atom. The van der Waals surface area contributed by atoms with Crippen molar-refractivity contribution in [2.45, 2.75) is 19.5 Å². The Morgan fingerprint density at radius 3 is 2.80 bits per heavy atom. The Kier molecular flexibility index (Phi) is 4.86. The van der Waals surface area contributed by atoms with Crippen molar-refractivity contribution < 1.29 is 0 Å². The molecule has 20 heavy (non-hydrogen) atoms. The Hall–Kier alpha value is -1.73. The van der Waals surface area contributed by atoms with E-state index in [2.05, 4.69) is 20.9 Å². The van der Waals surface area contributed by atoms with E-state index in [4.69, 9.17) is 5.73 Å². The van der Waals surface area contributed by atoms with Crippen LogP contribution >= 0.6 is 15.9 Å². The molecule has 2 aromatic heterocycles. The summed E-state index contributed by atoms with van der Waals surface area (Å²) in [5, 5.41) is 0. The van der Waals surface area contributed by atoms with Gasteiger partial charge in [0, 0.05) is 35.7 Å². The highest BCUT2D eigenvalue weighted by Gasteiger charge is 2.05. The largest absolute Gasteiger partial charge is 0.331 e. The van der Waals surface area contributed by atoms with Gasteiger partial charge in [0.05, 0.1) is 6.54 Å². The van der Waals surface area contributed by atoms with Crippen LogP contribution in [-0.2, 0) is 13.1 Å². The SMILES string of the molecule is NCCCn1c(=O)ccn(Cc2cncc(Br)c2)c1=O. The lowest BCUT2D eigenvalue weighted by Crippen LogP contribution is -2.39. The zero-order valence-corrected chi connectivity index (χ0v) is 12.4. The van der Waals surface area contributed by atoms with E-state index < -0.39 is 0 Å². The maximum absolute atomic E-state index is 12.2. The number of rotatable bonds is 5. The summed E-state index contributed by atoms with van der Waals surface area (Å²) < 4.78 is 3.54. The summed E-state index contributed by atoms with van der Waals surface area (Å²) in [4.78, 5) is 28.0. The third-order valence-corrected chi connectivity index (χ3v) is 3.27. The van der Waals surface area contributed by atoms with E-state index in [9.17, 15) is 9.59 Å². The first-order chi connectivity index (χ1) is 9.61. The second-order valence-electron chi connectivity index (χ2n) is 4.37. The molecule has 2 rings (SSSR count). The minimum Gasteiger partial charge on any atom is -0.330 e. The summed E-state index contributed by atoms with van der Waals surface area (Å²) in [7, 11) is 0. The van der Waals surface area contributed by atoms with Gasteiger partial charge in [-0.1, -0.05) is 0 Å².